The SMILES string of the molecule is NO.P.[Y]. The van der Waals surface area contributed by atoms with E-state index in [2.05, 4.69) is 5.90 Å². The molecular formula is H6NOPY. The number of hydrogen-bond acceptors (Lipinski definition) is 2. The van der Waals surface area contributed by atoms with Crippen molar-refractivity contribution in [3.63, 3.8) is 0 Å². The maximum atomic E-state index is 6.50. The van der Waals surface area contributed by atoms with Crippen LogP contribution >= 0.6 is 9.90 Å². The molecule has 1 radical (unpaired) electrons. The largest absolute Gasteiger partial charge is 0.320 e. The van der Waals surface area contributed by atoms with E-state index in [9.17, 15) is 0 Å². The summed E-state index contributed by atoms with van der Waals surface area (Å²) in [6.45, 7) is 0. The second kappa shape index (κ2) is 25.1. The molecule has 4 heavy (non-hydrogen) atoms. The first-order valence-corrected chi connectivity index (χ1v) is 0.258. The molecule has 0 aliphatic heterocycles. The van der Waals surface area contributed by atoms with Crippen LogP contribution in [-0.4, -0.2) is 5.21 Å². The molecule has 3 N–H and O–H groups in total. The van der Waals surface area contributed by atoms with Crippen molar-refractivity contribution in [3.8, 4) is 0 Å². The van der Waals surface area contributed by atoms with Gasteiger partial charge in [0.2, 0.25) is 0 Å². The topological polar surface area (TPSA) is 46.2 Å². The summed E-state index contributed by atoms with van der Waals surface area (Å²) in [7, 11) is 0. The smallest absolute Gasteiger partial charge is 0 e. The van der Waals surface area contributed by atoms with Crippen LogP contribution in [0.4, 0.5) is 0 Å². The zero-order valence-corrected chi connectivity index (χ0v) is 6.56. The van der Waals surface area contributed by atoms with Crippen LogP contribution < -0.4 is 5.90 Å². The normalized spacial score (nSPS) is 1.50. The van der Waals surface area contributed by atoms with Crippen LogP contribution in [0.1, 0.15) is 0 Å². The first-order valence-electron chi connectivity index (χ1n) is 0.258. The van der Waals surface area contributed by atoms with Gasteiger partial charge in [0.25, 0.3) is 0 Å². The molecule has 25 valence electrons. The molecular weight excluding hydrogens is 150 g/mol. The molecule has 1 atom stereocenters. The van der Waals surface area contributed by atoms with Crippen LogP contribution in [0.5, 0.6) is 0 Å². The second-order valence-electron chi connectivity index (χ2n) is 0. The summed E-state index contributed by atoms with van der Waals surface area (Å²) in [6.07, 6.45) is 0. The summed E-state index contributed by atoms with van der Waals surface area (Å²) < 4.78 is 0. The molecule has 2 nitrogen and oxygen atoms in total. The van der Waals surface area contributed by atoms with Gasteiger partial charge >= 0.3 is 0 Å². The molecule has 0 rings (SSSR count). The van der Waals surface area contributed by atoms with Crippen LogP contribution in [0.15, 0.2) is 0 Å². The zero-order valence-electron chi connectivity index (χ0n) is 2.31. The van der Waals surface area contributed by atoms with Gasteiger partial charge in [0.05, 0.1) is 0 Å². The van der Waals surface area contributed by atoms with Gasteiger partial charge in [-0.05, 0) is 0 Å². The van der Waals surface area contributed by atoms with Crippen molar-refractivity contribution in [3.05, 3.63) is 0 Å². The molecule has 0 aliphatic carbocycles. The Kier molecular flexibility index (Phi) is 113. The fraction of sp³-hybridized carbons (Fsp3) is 0. The Labute approximate surface area is 53.6 Å². The minimum atomic E-state index is 0. The summed E-state index contributed by atoms with van der Waals surface area (Å²) in [6, 6.07) is 0. The van der Waals surface area contributed by atoms with Gasteiger partial charge in [0.1, 0.15) is 0 Å². The first kappa shape index (κ1) is 18.0. The molecule has 0 aromatic rings. The molecule has 1 unspecified atom stereocenters. The molecule has 0 aliphatic rings. The third kappa shape index (κ3) is 9.84. The minimum Gasteiger partial charge on any atom is -0.320 e. The summed E-state index contributed by atoms with van der Waals surface area (Å²) in [5.41, 5.74) is 0. The Hall–Kier alpha value is 1.45. The van der Waals surface area contributed by atoms with Crippen molar-refractivity contribution in [1.82, 2.24) is 0 Å². The van der Waals surface area contributed by atoms with Crippen molar-refractivity contribution in [2.45, 2.75) is 0 Å². The van der Waals surface area contributed by atoms with Crippen molar-refractivity contribution < 1.29 is 37.9 Å². The predicted octanol–water partition coefficient (Wildman–Crippen LogP) is -0.610. The van der Waals surface area contributed by atoms with Gasteiger partial charge in [0, 0.05) is 32.7 Å². The van der Waals surface area contributed by atoms with Gasteiger partial charge in [-0.15, -0.1) is 0 Å². The monoisotopic (exact) mass is 156 g/mol. The molecule has 4 heteroatoms. The Morgan fingerprint density at radius 2 is 1.25 bits per heavy atom. The van der Waals surface area contributed by atoms with Crippen molar-refractivity contribution in [1.29, 1.82) is 0 Å². The zero-order chi connectivity index (χ0) is 2.00. The molecule has 0 saturated carbocycles. The Morgan fingerprint density at radius 3 is 1.25 bits per heavy atom. The first-order chi connectivity index (χ1) is 1.00. The van der Waals surface area contributed by atoms with Crippen molar-refractivity contribution in [2.24, 2.45) is 5.90 Å². The average Bonchev–Trinajstić information content (AvgIpc) is 1.00. The van der Waals surface area contributed by atoms with E-state index in [1.807, 2.05) is 0 Å². The van der Waals surface area contributed by atoms with Crippen LogP contribution in [-0.2, 0) is 32.7 Å². The van der Waals surface area contributed by atoms with E-state index in [-0.39, 0.29) is 42.6 Å². The van der Waals surface area contributed by atoms with Gasteiger partial charge < -0.3 is 5.21 Å². The van der Waals surface area contributed by atoms with Gasteiger partial charge in [-0.1, -0.05) is 0 Å². The van der Waals surface area contributed by atoms with E-state index < -0.39 is 0 Å². The molecule has 0 aromatic carbocycles. The van der Waals surface area contributed by atoms with Crippen LogP contribution in [0.25, 0.3) is 0 Å². The van der Waals surface area contributed by atoms with E-state index >= 15 is 0 Å². The predicted molar refractivity (Wildman–Crippen MR) is 17.1 cm³/mol. The van der Waals surface area contributed by atoms with E-state index in [1.54, 1.807) is 0 Å². The minimum absolute atomic E-state index is 0. The Balaban J connectivity index is -0.00000000500. The van der Waals surface area contributed by atoms with Gasteiger partial charge in [-0.2, -0.15) is 9.90 Å². The molecule has 0 aromatic heterocycles. The maximum Gasteiger partial charge on any atom is 0 e. The van der Waals surface area contributed by atoms with E-state index in [0.29, 0.717) is 0 Å². The van der Waals surface area contributed by atoms with Gasteiger partial charge in [-0.3, -0.25) is 0 Å². The Morgan fingerprint density at radius 1 is 1.25 bits per heavy atom. The summed E-state index contributed by atoms with van der Waals surface area (Å²) >= 11 is 0. The van der Waals surface area contributed by atoms with Gasteiger partial charge in [0.15, 0.2) is 0 Å². The quantitative estimate of drug-likeness (QED) is 0.363. The second-order valence-corrected chi connectivity index (χ2v) is 0. The van der Waals surface area contributed by atoms with Crippen molar-refractivity contribution in [2.75, 3.05) is 0 Å². The molecule has 0 fully saturated rings. The Bertz CT molecular complexity index is 8.00. The molecule has 0 heterocycles. The van der Waals surface area contributed by atoms with Crippen LogP contribution in [0.3, 0.4) is 0 Å². The summed E-state index contributed by atoms with van der Waals surface area (Å²) in [5.74, 6) is 3.50. The van der Waals surface area contributed by atoms with Crippen LogP contribution in [0.2, 0.25) is 0 Å². The molecule has 0 saturated heterocycles. The van der Waals surface area contributed by atoms with Crippen molar-refractivity contribution >= 4 is 9.90 Å². The third-order valence-corrected chi connectivity index (χ3v) is 0. The number of nitrogens with two attached hydrogens (primary N) is 1. The number of hydrogen-bond donors (Lipinski definition) is 2. The fourth-order valence-electron chi connectivity index (χ4n) is 0. The number of rotatable bonds is 0. The van der Waals surface area contributed by atoms with E-state index in [0.717, 1.165) is 0 Å². The molecule has 0 spiro atoms. The summed E-state index contributed by atoms with van der Waals surface area (Å²) in [4.78, 5) is 0. The van der Waals surface area contributed by atoms with Crippen LogP contribution in [0, 0.1) is 0 Å². The average molecular weight is 156 g/mol. The maximum absolute atomic E-state index is 6.50. The molecule has 0 amide bonds. The molecule has 0 bridgehead atoms. The van der Waals surface area contributed by atoms with E-state index in [1.165, 1.54) is 0 Å². The summed E-state index contributed by atoms with van der Waals surface area (Å²) in [5, 5.41) is 6.50. The van der Waals surface area contributed by atoms with Gasteiger partial charge in [-0.25, -0.2) is 5.90 Å². The third-order valence-electron chi connectivity index (χ3n) is 0. The fourth-order valence-corrected chi connectivity index (χ4v) is 0. The van der Waals surface area contributed by atoms with E-state index in [4.69, 9.17) is 5.21 Å². The standard InChI is InChI=1S/H3NO.H3P.Y/c1-2;;/h2H,1H2;1H3;.